The second-order valence-corrected chi connectivity index (χ2v) is 8.18. The van der Waals surface area contributed by atoms with Crippen LogP contribution < -0.4 is 0 Å². The fourth-order valence-corrected chi connectivity index (χ4v) is 4.31. The average Bonchev–Trinajstić information content (AvgIpc) is 3.64. The van der Waals surface area contributed by atoms with Gasteiger partial charge in [-0.1, -0.05) is 48.5 Å². The van der Waals surface area contributed by atoms with Crippen molar-refractivity contribution in [3.05, 3.63) is 77.5 Å². The van der Waals surface area contributed by atoms with Gasteiger partial charge in [-0.3, -0.25) is 14.6 Å². The lowest BCUT2D eigenvalue weighted by Gasteiger charge is -2.31. The first-order chi connectivity index (χ1) is 14.2. The van der Waals surface area contributed by atoms with Crippen LogP contribution in [-0.4, -0.2) is 34.7 Å². The number of ketones is 1. The van der Waals surface area contributed by atoms with E-state index in [1.807, 2.05) is 65.6 Å². The second kappa shape index (κ2) is 7.43. The van der Waals surface area contributed by atoms with Crippen LogP contribution in [0.5, 0.6) is 0 Å². The molecule has 3 aromatic rings. The van der Waals surface area contributed by atoms with Gasteiger partial charge in [0.25, 0.3) is 5.91 Å². The van der Waals surface area contributed by atoms with Gasteiger partial charge >= 0.3 is 0 Å². The maximum absolute atomic E-state index is 13.4. The molecule has 5 rings (SSSR count). The van der Waals surface area contributed by atoms with Gasteiger partial charge in [-0.15, -0.1) is 0 Å². The van der Waals surface area contributed by atoms with Crippen molar-refractivity contribution in [3.8, 4) is 0 Å². The molecule has 0 atom stereocenters. The average molecular weight is 384 g/mol. The van der Waals surface area contributed by atoms with Gasteiger partial charge in [0.05, 0.1) is 11.1 Å². The number of hydrogen-bond acceptors (Lipinski definition) is 3. The predicted molar refractivity (Wildman–Crippen MR) is 113 cm³/mol. The first kappa shape index (κ1) is 18.0. The van der Waals surface area contributed by atoms with E-state index in [0.717, 1.165) is 53.4 Å². The van der Waals surface area contributed by atoms with Crippen LogP contribution >= 0.6 is 0 Å². The zero-order valence-corrected chi connectivity index (χ0v) is 16.4. The number of hydrogen-bond donors (Lipinski definition) is 0. The van der Waals surface area contributed by atoms with Crippen LogP contribution in [0.2, 0.25) is 0 Å². The highest BCUT2D eigenvalue weighted by Gasteiger charge is 2.31. The molecule has 29 heavy (non-hydrogen) atoms. The molecule has 1 aliphatic heterocycles. The monoisotopic (exact) mass is 384 g/mol. The molecular formula is C25H24N2O2. The van der Waals surface area contributed by atoms with Crippen LogP contribution in [-0.2, 0) is 0 Å². The number of rotatable bonds is 4. The van der Waals surface area contributed by atoms with Gasteiger partial charge in [0.1, 0.15) is 0 Å². The summed E-state index contributed by atoms with van der Waals surface area (Å²) in [6.07, 6.45) is 3.76. The standard InChI is InChI=1S/C25H24N2O2/c28-24(18-6-2-1-3-7-18)19-12-14-27(15-13-19)25(29)21-16-23(17-10-11-17)26-22-9-5-4-8-20(21)22/h1-9,16-17,19H,10-15H2. The van der Waals surface area contributed by atoms with E-state index in [4.69, 9.17) is 4.98 Å². The van der Waals surface area contributed by atoms with Gasteiger partial charge in [0.15, 0.2) is 5.78 Å². The maximum atomic E-state index is 13.4. The molecule has 0 spiro atoms. The van der Waals surface area contributed by atoms with Crippen molar-refractivity contribution in [2.45, 2.75) is 31.6 Å². The van der Waals surface area contributed by atoms with Crippen molar-refractivity contribution < 1.29 is 9.59 Å². The Kier molecular flexibility index (Phi) is 4.62. The molecule has 0 N–H and O–H groups in total. The predicted octanol–water partition coefficient (Wildman–Crippen LogP) is 4.85. The molecule has 1 amide bonds. The SMILES string of the molecule is O=C(c1ccccc1)C1CCN(C(=O)c2cc(C3CC3)nc3ccccc23)CC1. The number of pyridine rings is 1. The quantitative estimate of drug-likeness (QED) is 0.605. The summed E-state index contributed by atoms with van der Waals surface area (Å²) >= 11 is 0. The minimum absolute atomic E-state index is 0.00217. The summed E-state index contributed by atoms with van der Waals surface area (Å²) < 4.78 is 0. The molecule has 4 heteroatoms. The molecule has 1 saturated carbocycles. The molecule has 0 bridgehead atoms. The van der Waals surface area contributed by atoms with Crippen molar-refractivity contribution in [1.82, 2.24) is 9.88 Å². The molecule has 2 aliphatic rings. The van der Waals surface area contributed by atoms with E-state index in [2.05, 4.69) is 0 Å². The number of nitrogens with zero attached hydrogens (tertiary/aromatic N) is 2. The lowest BCUT2D eigenvalue weighted by molar-refractivity contribution is 0.0652. The topological polar surface area (TPSA) is 50.3 Å². The summed E-state index contributed by atoms with van der Waals surface area (Å²) in [4.78, 5) is 32.8. The minimum Gasteiger partial charge on any atom is -0.339 e. The van der Waals surface area contributed by atoms with E-state index in [0.29, 0.717) is 19.0 Å². The van der Waals surface area contributed by atoms with Crippen molar-refractivity contribution in [1.29, 1.82) is 0 Å². The van der Waals surface area contributed by atoms with Crippen molar-refractivity contribution in [2.24, 2.45) is 5.92 Å². The molecule has 0 unspecified atom stereocenters. The van der Waals surface area contributed by atoms with Crippen LogP contribution in [0.3, 0.4) is 0 Å². The molecule has 4 nitrogen and oxygen atoms in total. The summed E-state index contributed by atoms with van der Waals surface area (Å²) in [7, 11) is 0. The molecule has 1 saturated heterocycles. The lowest BCUT2D eigenvalue weighted by atomic mass is 9.88. The number of benzene rings is 2. The highest BCUT2D eigenvalue weighted by Crippen LogP contribution is 2.40. The fraction of sp³-hybridized carbons (Fsp3) is 0.320. The van der Waals surface area contributed by atoms with Crippen molar-refractivity contribution in [2.75, 3.05) is 13.1 Å². The van der Waals surface area contributed by atoms with E-state index in [1.54, 1.807) is 0 Å². The number of carbonyl (C=O) groups excluding carboxylic acids is 2. The van der Waals surface area contributed by atoms with E-state index >= 15 is 0 Å². The third kappa shape index (κ3) is 3.55. The number of amides is 1. The third-order valence-electron chi connectivity index (χ3n) is 6.17. The van der Waals surface area contributed by atoms with Crippen LogP contribution in [0.25, 0.3) is 10.9 Å². The molecular weight excluding hydrogens is 360 g/mol. The van der Waals surface area contributed by atoms with Crippen LogP contribution in [0.15, 0.2) is 60.7 Å². The highest BCUT2D eigenvalue weighted by molar-refractivity contribution is 6.06. The molecule has 2 aromatic carbocycles. The molecule has 1 aliphatic carbocycles. The summed E-state index contributed by atoms with van der Waals surface area (Å²) in [5, 5.41) is 0.921. The summed E-state index contributed by atoms with van der Waals surface area (Å²) in [5.74, 6) is 0.761. The van der Waals surface area contributed by atoms with Gasteiger partial charge < -0.3 is 4.90 Å². The Morgan fingerprint density at radius 1 is 0.862 bits per heavy atom. The van der Waals surface area contributed by atoms with Crippen molar-refractivity contribution in [3.63, 3.8) is 0 Å². The maximum Gasteiger partial charge on any atom is 0.254 e. The van der Waals surface area contributed by atoms with Crippen LogP contribution in [0, 0.1) is 5.92 Å². The van der Waals surface area contributed by atoms with Crippen LogP contribution in [0.1, 0.15) is 58.0 Å². The number of aromatic nitrogens is 1. The molecule has 2 fully saturated rings. The number of Topliss-reactive ketones (excluding diaryl/α,β-unsaturated/α-hetero) is 1. The van der Waals surface area contributed by atoms with E-state index in [9.17, 15) is 9.59 Å². The Bertz CT molecular complexity index is 1060. The Morgan fingerprint density at radius 3 is 2.28 bits per heavy atom. The second-order valence-electron chi connectivity index (χ2n) is 8.18. The van der Waals surface area contributed by atoms with Crippen LogP contribution in [0.4, 0.5) is 0 Å². The molecule has 2 heterocycles. The Morgan fingerprint density at radius 2 is 1.55 bits per heavy atom. The summed E-state index contributed by atoms with van der Waals surface area (Å²) in [6, 6.07) is 19.4. The van der Waals surface area contributed by atoms with Gasteiger partial charge in [0.2, 0.25) is 0 Å². The van der Waals surface area contributed by atoms with E-state index < -0.39 is 0 Å². The highest BCUT2D eigenvalue weighted by atomic mass is 16.2. The van der Waals surface area contributed by atoms with E-state index in [1.165, 1.54) is 0 Å². The Hall–Kier alpha value is -3.01. The Labute approximate surface area is 170 Å². The third-order valence-corrected chi connectivity index (χ3v) is 6.17. The molecule has 146 valence electrons. The number of carbonyl (C=O) groups is 2. The number of para-hydroxylation sites is 1. The van der Waals surface area contributed by atoms with E-state index in [-0.39, 0.29) is 17.6 Å². The van der Waals surface area contributed by atoms with Gasteiger partial charge in [-0.25, -0.2) is 0 Å². The van der Waals surface area contributed by atoms with Gasteiger partial charge in [0, 0.05) is 41.6 Å². The smallest absolute Gasteiger partial charge is 0.254 e. The zero-order valence-electron chi connectivity index (χ0n) is 16.4. The number of likely N-dealkylation sites (tertiary alicyclic amines) is 1. The fourth-order valence-electron chi connectivity index (χ4n) is 4.31. The number of fused-ring (bicyclic) bond motifs is 1. The lowest BCUT2D eigenvalue weighted by Crippen LogP contribution is -2.40. The van der Waals surface area contributed by atoms with Crippen molar-refractivity contribution >= 4 is 22.6 Å². The normalized spacial score (nSPS) is 17.4. The zero-order chi connectivity index (χ0) is 19.8. The first-order valence-corrected chi connectivity index (χ1v) is 10.5. The summed E-state index contributed by atoms with van der Waals surface area (Å²) in [6.45, 7) is 1.25. The summed E-state index contributed by atoms with van der Waals surface area (Å²) in [5.41, 5.74) is 3.47. The van der Waals surface area contributed by atoms with Gasteiger partial charge in [-0.2, -0.15) is 0 Å². The number of piperidine rings is 1. The largest absolute Gasteiger partial charge is 0.339 e. The first-order valence-electron chi connectivity index (χ1n) is 10.5. The van der Waals surface area contributed by atoms with Gasteiger partial charge in [-0.05, 0) is 37.8 Å². The molecule has 1 aromatic heterocycles. The Balaban J connectivity index is 1.35. The minimum atomic E-state index is -0.00217. The molecule has 0 radical (unpaired) electrons.